The van der Waals surface area contributed by atoms with Gasteiger partial charge in [-0.3, -0.25) is 9.59 Å². The van der Waals surface area contributed by atoms with Gasteiger partial charge >= 0.3 is 0 Å². The van der Waals surface area contributed by atoms with E-state index in [-0.39, 0.29) is 27.1 Å². The van der Waals surface area contributed by atoms with Gasteiger partial charge in [-0.05, 0) is 22.0 Å². The first-order chi connectivity index (χ1) is 7.00. The highest BCUT2D eigenvalue weighted by Gasteiger charge is 2.27. The monoisotopic (exact) mass is 268 g/mol. The molecular formula is C10H5BrO4. The maximum absolute atomic E-state index is 11.6. The molecule has 0 saturated heterocycles. The SMILES string of the molecule is O=C1C(Br)=CC(=O)c2c(O)cc(O)cc21. The zero-order valence-electron chi connectivity index (χ0n) is 7.32. The summed E-state index contributed by atoms with van der Waals surface area (Å²) in [7, 11) is 0. The molecule has 1 aromatic rings. The normalized spacial score (nSPS) is 14.9. The topological polar surface area (TPSA) is 74.6 Å². The molecule has 1 aliphatic rings. The van der Waals surface area contributed by atoms with Crippen molar-refractivity contribution in [1.29, 1.82) is 0 Å². The first kappa shape index (κ1) is 9.92. The second kappa shape index (κ2) is 3.20. The minimum absolute atomic E-state index is 0.00637. The number of phenols is 2. The number of carbonyl (C=O) groups excluding carboxylic acids is 2. The summed E-state index contributed by atoms with van der Waals surface area (Å²) < 4.78 is 0.116. The van der Waals surface area contributed by atoms with Crippen LogP contribution in [0.2, 0.25) is 0 Å². The van der Waals surface area contributed by atoms with Crippen LogP contribution in [0.15, 0.2) is 22.7 Å². The Bertz CT molecular complexity index is 516. The van der Waals surface area contributed by atoms with Crippen LogP contribution in [0.3, 0.4) is 0 Å². The number of allylic oxidation sites excluding steroid dienone is 2. The van der Waals surface area contributed by atoms with Crippen LogP contribution in [0, 0.1) is 0 Å². The summed E-state index contributed by atoms with van der Waals surface area (Å²) in [5.74, 6) is -1.54. The molecule has 0 saturated carbocycles. The van der Waals surface area contributed by atoms with Crippen LogP contribution in [0.4, 0.5) is 0 Å². The van der Waals surface area contributed by atoms with Crippen molar-refractivity contribution >= 4 is 27.5 Å². The van der Waals surface area contributed by atoms with Crippen LogP contribution in [-0.2, 0) is 0 Å². The van der Waals surface area contributed by atoms with Crippen LogP contribution < -0.4 is 0 Å². The van der Waals surface area contributed by atoms with E-state index in [0.717, 1.165) is 18.2 Å². The van der Waals surface area contributed by atoms with Gasteiger partial charge in [0, 0.05) is 17.7 Å². The third-order valence-electron chi connectivity index (χ3n) is 2.07. The fraction of sp³-hybridized carbons (Fsp3) is 0. The summed E-state index contributed by atoms with van der Waals surface area (Å²) in [6, 6.07) is 2.18. The third kappa shape index (κ3) is 1.45. The molecule has 0 heterocycles. The Morgan fingerprint density at radius 3 is 2.47 bits per heavy atom. The molecule has 0 fully saturated rings. The minimum atomic E-state index is -0.464. The van der Waals surface area contributed by atoms with Gasteiger partial charge in [0.05, 0.1) is 10.0 Å². The molecule has 0 atom stereocenters. The van der Waals surface area contributed by atoms with E-state index < -0.39 is 11.6 Å². The van der Waals surface area contributed by atoms with E-state index >= 15 is 0 Å². The molecule has 5 heteroatoms. The number of benzene rings is 1. The van der Waals surface area contributed by atoms with Crippen LogP contribution in [0.5, 0.6) is 11.5 Å². The Labute approximate surface area is 93.0 Å². The molecule has 15 heavy (non-hydrogen) atoms. The van der Waals surface area contributed by atoms with Gasteiger partial charge in [0.15, 0.2) is 5.78 Å². The molecule has 0 bridgehead atoms. The summed E-state index contributed by atoms with van der Waals surface area (Å²) in [4.78, 5) is 23.1. The molecule has 2 N–H and O–H groups in total. The van der Waals surface area contributed by atoms with Gasteiger partial charge < -0.3 is 10.2 Å². The van der Waals surface area contributed by atoms with Gasteiger partial charge in [-0.1, -0.05) is 0 Å². The maximum Gasteiger partial charge on any atom is 0.201 e. The maximum atomic E-state index is 11.6. The largest absolute Gasteiger partial charge is 0.508 e. The van der Waals surface area contributed by atoms with Crippen molar-refractivity contribution in [3.63, 3.8) is 0 Å². The van der Waals surface area contributed by atoms with Gasteiger partial charge in [-0.15, -0.1) is 0 Å². The van der Waals surface area contributed by atoms with Crippen LogP contribution in [0.1, 0.15) is 20.7 Å². The van der Waals surface area contributed by atoms with Crippen molar-refractivity contribution in [3.05, 3.63) is 33.8 Å². The lowest BCUT2D eigenvalue weighted by Crippen LogP contribution is -2.14. The Morgan fingerprint density at radius 1 is 1.13 bits per heavy atom. The molecule has 0 spiro atoms. The van der Waals surface area contributed by atoms with E-state index in [0.29, 0.717) is 0 Å². The van der Waals surface area contributed by atoms with Crippen LogP contribution in [-0.4, -0.2) is 21.8 Å². The second-order valence-electron chi connectivity index (χ2n) is 3.07. The predicted molar refractivity (Wildman–Crippen MR) is 55.4 cm³/mol. The summed E-state index contributed by atoms with van der Waals surface area (Å²) in [5, 5.41) is 18.6. The molecule has 0 radical (unpaired) electrons. The Hall–Kier alpha value is -1.62. The Kier molecular flexibility index (Phi) is 2.12. The molecule has 0 unspecified atom stereocenters. The number of phenolic OH excluding ortho intramolecular Hbond substituents is 2. The minimum Gasteiger partial charge on any atom is -0.508 e. The summed E-state index contributed by atoms with van der Waals surface area (Å²) >= 11 is 2.94. The lowest BCUT2D eigenvalue weighted by Gasteiger charge is -2.13. The highest BCUT2D eigenvalue weighted by atomic mass is 79.9. The lowest BCUT2D eigenvalue weighted by molar-refractivity contribution is 0.0989. The lowest BCUT2D eigenvalue weighted by atomic mass is 9.94. The van der Waals surface area contributed by atoms with E-state index in [9.17, 15) is 19.8 Å². The van der Waals surface area contributed by atoms with E-state index in [1.165, 1.54) is 0 Å². The number of ketones is 2. The number of fused-ring (bicyclic) bond motifs is 1. The van der Waals surface area contributed by atoms with Gasteiger partial charge in [0.25, 0.3) is 0 Å². The Morgan fingerprint density at radius 2 is 1.80 bits per heavy atom. The zero-order valence-corrected chi connectivity index (χ0v) is 8.91. The Balaban J connectivity index is 2.78. The average Bonchev–Trinajstić information content (AvgIpc) is 2.12. The molecule has 0 amide bonds. The molecule has 4 nitrogen and oxygen atoms in total. The molecule has 76 valence electrons. The summed E-state index contributed by atoms with van der Waals surface area (Å²) in [6.45, 7) is 0. The van der Waals surface area contributed by atoms with Crippen molar-refractivity contribution in [2.24, 2.45) is 0 Å². The fourth-order valence-electron chi connectivity index (χ4n) is 1.43. The standard InChI is InChI=1S/C10H5BrO4/c11-6-3-8(14)9-5(10(6)15)1-4(12)2-7(9)13/h1-3,12-13H. The molecule has 1 aliphatic carbocycles. The number of hydrogen-bond acceptors (Lipinski definition) is 4. The van der Waals surface area contributed by atoms with E-state index in [1.807, 2.05) is 0 Å². The van der Waals surface area contributed by atoms with E-state index in [1.54, 1.807) is 0 Å². The summed E-state index contributed by atoms with van der Waals surface area (Å²) in [5.41, 5.74) is -0.0622. The first-order valence-electron chi connectivity index (χ1n) is 4.03. The van der Waals surface area contributed by atoms with Crippen molar-refractivity contribution in [2.75, 3.05) is 0 Å². The highest BCUT2D eigenvalue weighted by molar-refractivity contribution is 9.12. The third-order valence-corrected chi connectivity index (χ3v) is 2.66. The number of rotatable bonds is 0. The van der Waals surface area contributed by atoms with Crippen LogP contribution in [0.25, 0.3) is 0 Å². The predicted octanol–water partition coefficient (Wildman–Crippen LogP) is 1.76. The first-order valence-corrected chi connectivity index (χ1v) is 4.82. The number of halogens is 1. The van der Waals surface area contributed by atoms with Gasteiger partial charge in [-0.2, -0.15) is 0 Å². The number of Topliss-reactive ketones (excluding diaryl/α,β-unsaturated/α-hetero) is 1. The average molecular weight is 269 g/mol. The van der Waals surface area contributed by atoms with Gasteiger partial charge in [0.2, 0.25) is 5.78 Å². The number of carbonyl (C=O) groups is 2. The second-order valence-corrected chi connectivity index (χ2v) is 3.93. The fourth-order valence-corrected chi connectivity index (χ4v) is 1.85. The number of hydrogen-bond donors (Lipinski definition) is 2. The molecular weight excluding hydrogens is 264 g/mol. The molecule has 2 rings (SSSR count). The zero-order chi connectivity index (χ0) is 11.2. The summed E-state index contributed by atoms with van der Waals surface area (Å²) in [6.07, 6.45) is 1.10. The van der Waals surface area contributed by atoms with Gasteiger partial charge in [-0.25, -0.2) is 0 Å². The van der Waals surface area contributed by atoms with E-state index in [2.05, 4.69) is 15.9 Å². The van der Waals surface area contributed by atoms with Crippen LogP contribution >= 0.6 is 15.9 Å². The molecule has 1 aromatic carbocycles. The van der Waals surface area contributed by atoms with Gasteiger partial charge in [0.1, 0.15) is 11.5 Å². The molecule has 0 aromatic heterocycles. The quantitative estimate of drug-likeness (QED) is 0.752. The van der Waals surface area contributed by atoms with Crippen molar-refractivity contribution in [1.82, 2.24) is 0 Å². The van der Waals surface area contributed by atoms with E-state index in [4.69, 9.17) is 0 Å². The smallest absolute Gasteiger partial charge is 0.201 e. The highest BCUT2D eigenvalue weighted by Crippen LogP contribution is 2.33. The van der Waals surface area contributed by atoms with Crippen molar-refractivity contribution in [3.8, 4) is 11.5 Å². The van der Waals surface area contributed by atoms with Crippen molar-refractivity contribution < 1.29 is 19.8 Å². The number of aromatic hydroxyl groups is 2. The van der Waals surface area contributed by atoms with Crippen molar-refractivity contribution in [2.45, 2.75) is 0 Å². The molecule has 0 aliphatic heterocycles.